The van der Waals surface area contributed by atoms with Gasteiger partial charge in [-0.1, -0.05) is 20.8 Å². The number of carboxylic acid groups (broad SMARTS) is 1. The Morgan fingerprint density at radius 2 is 1.83 bits per heavy atom. The molecule has 0 amide bonds. The Bertz CT molecular complexity index is 640. The molecule has 0 aromatic rings. The van der Waals surface area contributed by atoms with Gasteiger partial charge in [-0.2, -0.15) is 0 Å². The summed E-state index contributed by atoms with van der Waals surface area (Å²) in [4.78, 5) is 11.0. The molecule has 0 aromatic carbocycles. The van der Waals surface area contributed by atoms with Gasteiger partial charge in [0.05, 0.1) is 12.2 Å². The molecule has 4 fully saturated rings. The molecule has 166 valence electrons. The lowest BCUT2D eigenvalue weighted by Crippen LogP contribution is -2.62. The molecule has 0 heterocycles. The van der Waals surface area contributed by atoms with Gasteiger partial charge >= 0.3 is 5.97 Å². The summed E-state index contributed by atoms with van der Waals surface area (Å²) in [7, 11) is 0. The first-order chi connectivity index (χ1) is 13.6. The van der Waals surface area contributed by atoms with Crippen LogP contribution < -0.4 is 0 Å². The molecular weight excluding hydrogens is 371 g/mol. The van der Waals surface area contributed by atoms with Crippen LogP contribution in [0.15, 0.2) is 0 Å². The number of alkyl halides is 1. The van der Waals surface area contributed by atoms with Gasteiger partial charge in [-0.25, -0.2) is 4.39 Å². The van der Waals surface area contributed by atoms with Crippen molar-refractivity contribution in [2.75, 3.05) is 0 Å². The van der Waals surface area contributed by atoms with E-state index in [-0.39, 0.29) is 36.0 Å². The van der Waals surface area contributed by atoms with E-state index in [2.05, 4.69) is 20.8 Å². The highest BCUT2D eigenvalue weighted by Gasteiger charge is 2.65. The summed E-state index contributed by atoms with van der Waals surface area (Å²) in [5.41, 5.74) is -0.319. The maximum atomic E-state index is 15.4. The molecule has 4 aliphatic rings. The van der Waals surface area contributed by atoms with Gasteiger partial charge in [0.1, 0.15) is 6.17 Å². The molecule has 0 aliphatic heterocycles. The number of aliphatic carboxylic acids is 1. The second-order valence-corrected chi connectivity index (χ2v) is 11.4. The summed E-state index contributed by atoms with van der Waals surface area (Å²) in [6.45, 7) is 6.66. The van der Waals surface area contributed by atoms with E-state index in [1.54, 1.807) is 0 Å². The van der Waals surface area contributed by atoms with E-state index < -0.39 is 29.8 Å². The minimum Gasteiger partial charge on any atom is -0.481 e. The number of aliphatic hydroxyl groups excluding tert-OH is 2. The average Bonchev–Trinajstić information content (AvgIpc) is 2.99. The number of halogens is 1. The monoisotopic (exact) mass is 410 g/mol. The van der Waals surface area contributed by atoms with Gasteiger partial charge in [-0.15, -0.1) is 0 Å². The van der Waals surface area contributed by atoms with Crippen molar-refractivity contribution in [2.24, 2.45) is 46.3 Å². The Kier molecular flexibility index (Phi) is 5.55. The standard InChI is InChI=1S/C24H39FO4/c1-13(4-7-21(28)29)16-5-6-17-22-18(8-9-23(16,17)2)24(3)14(11-19(22)27)10-15(26)12-20(24)25/h13-20,22,26-27H,4-12H2,1-3H3,(H,28,29)/t13-,14?,15-,16-,17+,18+,19+,20?,22+,23-,24+/m1/s1. The zero-order chi connectivity index (χ0) is 21.1. The molecular formula is C24H39FO4. The van der Waals surface area contributed by atoms with Crippen LogP contribution >= 0.6 is 0 Å². The molecule has 2 unspecified atom stereocenters. The van der Waals surface area contributed by atoms with Crippen LogP contribution in [0.25, 0.3) is 0 Å². The first-order valence-corrected chi connectivity index (χ1v) is 11.8. The zero-order valence-electron chi connectivity index (χ0n) is 18.2. The molecule has 29 heavy (non-hydrogen) atoms. The second kappa shape index (κ2) is 7.47. The van der Waals surface area contributed by atoms with Crippen molar-refractivity contribution in [3.05, 3.63) is 0 Å². The van der Waals surface area contributed by atoms with Crippen molar-refractivity contribution in [3.8, 4) is 0 Å². The SMILES string of the molecule is C[C@H](CCC(=O)O)[C@H]1CC[C@H]2[C@@H]3[C@@H](O)CC4C[C@@H](O)CC(F)[C@]4(C)[C@H]3CC[C@]12C. The lowest BCUT2D eigenvalue weighted by molar-refractivity contribution is -0.198. The maximum absolute atomic E-state index is 15.4. The fourth-order valence-corrected chi connectivity index (χ4v) is 8.75. The molecule has 0 radical (unpaired) electrons. The van der Waals surface area contributed by atoms with Crippen LogP contribution in [0.3, 0.4) is 0 Å². The Balaban J connectivity index is 1.58. The third kappa shape index (κ3) is 3.26. The second-order valence-electron chi connectivity index (χ2n) is 11.4. The minimum absolute atomic E-state index is 0.0635. The Hall–Kier alpha value is -0.680. The minimum atomic E-state index is -0.993. The summed E-state index contributed by atoms with van der Waals surface area (Å²) in [6, 6.07) is 0. The number of fused-ring (bicyclic) bond motifs is 5. The normalized spacial score (nSPS) is 52.9. The van der Waals surface area contributed by atoms with Gasteiger partial charge in [-0.05, 0) is 85.9 Å². The predicted molar refractivity (Wildman–Crippen MR) is 109 cm³/mol. The highest BCUT2D eigenvalue weighted by molar-refractivity contribution is 5.66. The fraction of sp³-hybridized carbons (Fsp3) is 0.958. The van der Waals surface area contributed by atoms with E-state index in [1.807, 2.05) is 0 Å². The van der Waals surface area contributed by atoms with Crippen LogP contribution in [-0.2, 0) is 4.79 Å². The van der Waals surface area contributed by atoms with Crippen molar-refractivity contribution >= 4 is 5.97 Å². The number of hydrogen-bond donors (Lipinski definition) is 3. The third-order valence-corrected chi connectivity index (χ3v) is 10.3. The van der Waals surface area contributed by atoms with E-state index in [1.165, 1.54) is 0 Å². The molecule has 11 atom stereocenters. The predicted octanol–water partition coefficient (Wildman–Crippen LogP) is 4.43. The zero-order valence-corrected chi connectivity index (χ0v) is 18.2. The molecule has 0 aromatic heterocycles. The van der Waals surface area contributed by atoms with Gasteiger partial charge in [-0.3, -0.25) is 4.79 Å². The lowest BCUT2D eigenvalue weighted by Gasteiger charge is -2.63. The van der Waals surface area contributed by atoms with Crippen LogP contribution in [-0.4, -0.2) is 39.7 Å². The molecule has 4 aliphatic carbocycles. The van der Waals surface area contributed by atoms with Gasteiger partial charge in [0.15, 0.2) is 0 Å². The van der Waals surface area contributed by atoms with Crippen molar-refractivity contribution in [2.45, 2.75) is 96.9 Å². The topological polar surface area (TPSA) is 77.8 Å². The molecule has 0 spiro atoms. The molecule has 5 heteroatoms. The van der Waals surface area contributed by atoms with Gasteiger partial charge in [0, 0.05) is 18.3 Å². The van der Waals surface area contributed by atoms with Gasteiger partial charge < -0.3 is 15.3 Å². The first-order valence-electron chi connectivity index (χ1n) is 11.8. The highest BCUT2D eigenvalue weighted by atomic mass is 19.1. The van der Waals surface area contributed by atoms with E-state index in [0.717, 1.165) is 25.7 Å². The van der Waals surface area contributed by atoms with E-state index in [4.69, 9.17) is 5.11 Å². The molecule has 0 saturated heterocycles. The van der Waals surface area contributed by atoms with Gasteiger partial charge in [0.25, 0.3) is 0 Å². The molecule has 4 saturated carbocycles. The quantitative estimate of drug-likeness (QED) is 0.641. The molecule has 4 rings (SSSR count). The Labute approximate surface area is 174 Å². The number of hydrogen-bond acceptors (Lipinski definition) is 3. The average molecular weight is 411 g/mol. The third-order valence-electron chi connectivity index (χ3n) is 10.3. The lowest BCUT2D eigenvalue weighted by atomic mass is 9.43. The van der Waals surface area contributed by atoms with Crippen LogP contribution in [0.2, 0.25) is 0 Å². The molecule has 0 bridgehead atoms. The fourth-order valence-electron chi connectivity index (χ4n) is 8.75. The van der Waals surface area contributed by atoms with Crippen LogP contribution in [0.4, 0.5) is 4.39 Å². The molecule has 4 nitrogen and oxygen atoms in total. The maximum Gasteiger partial charge on any atom is 0.303 e. The van der Waals surface area contributed by atoms with Crippen LogP contribution in [0.5, 0.6) is 0 Å². The molecule has 3 N–H and O–H groups in total. The smallest absolute Gasteiger partial charge is 0.303 e. The van der Waals surface area contributed by atoms with E-state index in [9.17, 15) is 15.0 Å². The Morgan fingerprint density at radius 3 is 2.52 bits per heavy atom. The largest absolute Gasteiger partial charge is 0.481 e. The number of carboxylic acids is 1. The summed E-state index contributed by atoms with van der Waals surface area (Å²) >= 11 is 0. The van der Waals surface area contributed by atoms with Crippen LogP contribution in [0.1, 0.15) is 78.6 Å². The summed E-state index contributed by atoms with van der Waals surface area (Å²) < 4.78 is 15.4. The van der Waals surface area contributed by atoms with Crippen molar-refractivity contribution in [1.82, 2.24) is 0 Å². The first kappa shape index (κ1) is 21.5. The van der Waals surface area contributed by atoms with E-state index >= 15 is 4.39 Å². The summed E-state index contributed by atoms with van der Waals surface area (Å²) in [6.07, 6.45) is 4.57. The number of carbonyl (C=O) groups is 1. The Morgan fingerprint density at radius 1 is 1.10 bits per heavy atom. The summed E-state index contributed by atoms with van der Waals surface area (Å²) in [5, 5.41) is 30.4. The number of aliphatic hydroxyl groups is 2. The summed E-state index contributed by atoms with van der Waals surface area (Å²) in [5.74, 6) is 0.903. The van der Waals surface area contributed by atoms with E-state index in [0.29, 0.717) is 37.0 Å². The van der Waals surface area contributed by atoms with Crippen molar-refractivity contribution in [3.63, 3.8) is 0 Å². The van der Waals surface area contributed by atoms with Crippen molar-refractivity contribution in [1.29, 1.82) is 0 Å². The van der Waals surface area contributed by atoms with Gasteiger partial charge in [0.2, 0.25) is 0 Å². The van der Waals surface area contributed by atoms with Crippen molar-refractivity contribution < 1.29 is 24.5 Å². The number of rotatable bonds is 4. The highest BCUT2D eigenvalue weighted by Crippen LogP contribution is 2.68. The van der Waals surface area contributed by atoms with Crippen LogP contribution in [0, 0.1) is 46.3 Å².